The van der Waals surface area contributed by atoms with Crippen LogP contribution in [0.25, 0.3) is 0 Å². The van der Waals surface area contributed by atoms with Crippen molar-refractivity contribution in [2.45, 2.75) is 46.5 Å². The Kier molecular flexibility index (Phi) is 4.51. The van der Waals surface area contributed by atoms with Crippen LogP contribution in [0.2, 0.25) is 0 Å². The van der Waals surface area contributed by atoms with Crippen molar-refractivity contribution in [2.75, 3.05) is 0 Å². The average molecular weight is 286 g/mol. The second kappa shape index (κ2) is 5.28. The summed E-state index contributed by atoms with van der Waals surface area (Å²) in [4.78, 5) is 18.0. The Morgan fingerprint density at radius 3 is 2.11 bits per heavy atom. The second-order valence-electron chi connectivity index (χ2n) is 6.70. The summed E-state index contributed by atoms with van der Waals surface area (Å²) >= 11 is 0. The smallest absolute Gasteiger partial charge is 0.404 e. The number of phosphoric acid groups is 1. The minimum atomic E-state index is -4.54. The maximum atomic E-state index is 11.0. The Hall–Kier alpha value is -0.830. The maximum absolute atomic E-state index is 11.0. The predicted octanol–water partition coefficient (Wildman–Crippen LogP) is 3.87. The van der Waals surface area contributed by atoms with E-state index in [1.165, 1.54) is 0 Å². The van der Waals surface area contributed by atoms with Crippen LogP contribution in [0, 0.1) is 5.41 Å². The molecule has 0 atom stereocenters. The molecule has 5 heteroatoms. The first-order chi connectivity index (χ1) is 8.41. The quantitative estimate of drug-likeness (QED) is 0.824. The summed E-state index contributed by atoms with van der Waals surface area (Å²) in [5, 5.41) is 0. The van der Waals surface area contributed by atoms with Crippen LogP contribution in [0.5, 0.6) is 5.75 Å². The molecule has 0 aromatic heterocycles. The van der Waals surface area contributed by atoms with E-state index in [4.69, 9.17) is 14.3 Å². The predicted molar refractivity (Wildman–Crippen MR) is 76.2 cm³/mol. The molecule has 0 fully saturated rings. The lowest BCUT2D eigenvalue weighted by atomic mass is 9.72. The minimum absolute atomic E-state index is 0.110. The molecule has 1 rings (SSSR count). The molecule has 0 bridgehead atoms. The van der Waals surface area contributed by atoms with Crippen LogP contribution in [-0.4, -0.2) is 9.79 Å². The van der Waals surface area contributed by atoms with Crippen molar-refractivity contribution in [1.29, 1.82) is 0 Å². The molecule has 19 heavy (non-hydrogen) atoms. The summed E-state index contributed by atoms with van der Waals surface area (Å²) < 4.78 is 15.8. The maximum Gasteiger partial charge on any atom is 0.524 e. The van der Waals surface area contributed by atoms with Gasteiger partial charge in [0.1, 0.15) is 5.75 Å². The van der Waals surface area contributed by atoms with Gasteiger partial charge in [0.25, 0.3) is 0 Å². The fraction of sp³-hybridized carbons (Fsp3) is 0.571. The molecule has 1 aromatic rings. The monoisotopic (exact) mass is 286 g/mol. The van der Waals surface area contributed by atoms with Crippen molar-refractivity contribution in [1.82, 2.24) is 0 Å². The molecule has 0 aliphatic carbocycles. The number of rotatable bonds is 4. The third kappa shape index (κ3) is 5.35. The zero-order chi connectivity index (χ0) is 14.9. The molecule has 1 aromatic carbocycles. The van der Waals surface area contributed by atoms with Crippen molar-refractivity contribution < 1.29 is 18.9 Å². The van der Waals surface area contributed by atoms with Crippen molar-refractivity contribution >= 4 is 7.82 Å². The Balaban J connectivity index is 3.16. The van der Waals surface area contributed by atoms with Gasteiger partial charge >= 0.3 is 7.82 Å². The van der Waals surface area contributed by atoms with Gasteiger partial charge in [-0.05, 0) is 23.3 Å². The SMILES string of the molecule is CC(C)(C)CC(C)(C)c1ccccc1OP(=O)(O)O. The largest absolute Gasteiger partial charge is 0.524 e. The summed E-state index contributed by atoms with van der Waals surface area (Å²) in [6.45, 7) is 10.5. The van der Waals surface area contributed by atoms with Gasteiger partial charge in [0.2, 0.25) is 0 Å². The van der Waals surface area contributed by atoms with Crippen molar-refractivity contribution in [2.24, 2.45) is 5.41 Å². The minimum Gasteiger partial charge on any atom is -0.404 e. The molecular weight excluding hydrogens is 263 g/mol. The normalized spacial score (nSPS) is 13.4. The first kappa shape index (κ1) is 16.2. The second-order valence-corrected chi connectivity index (χ2v) is 7.86. The number of benzene rings is 1. The Labute approximate surface area is 115 Å². The van der Waals surface area contributed by atoms with Gasteiger partial charge in [-0.2, -0.15) is 0 Å². The van der Waals surface area contributed by atoms with Gasteiger partial charge in [0.15, 0.2) is 0 Å². The zero-order valence-corrected chi connectivity index (χ0v) is 13.1. The highest BCUT2D eigenvalue weighted by Crippen LogP contribution is 2.45. The summed E-state index contributed by atoms with van der Waals surface area (Å²) in [6, 6.07) is 7.02. The topological polar surface area (TPSA) is 66.8 Å². The molecule has 0 saturated carbocycles. The number of hydrogen-bond donors (Lipinski definition) is 2. The fourth-order valence-electron chi connectivity index (χ4n) is 2.65. The average Bonchev–Trinajstić information content (AvgIpc) is 2.11. The lowest BCUT2D eigenvalue weighted by molar-refractivity contribution is 0.266. The Bertz CT molecular complexity index is 482. The van der Waals surface area contributed by atoms with Crippen molar-refractivity contribution in [3.63, 3.8) is 0 Å². The van der Waals surface area contributed by atoms with Crippen LogP contribution in [0.3, 0.4) is 0 Å². The molecule has 0 aliphatic heterocycles. The molecule has 0 aliphatic rings. The third-order valence-electron chi connectivity index (χ3n) is 2.81. The van der Waals surface area contributed by atoms with Gasteiger partial charge in [-0.25, -0.2) is 4.57 Å². The van der Waals surface area contributed by atoms with E-state index < -0.39 is 7.82 Å². The van der Waals surface area contributed by atoms with Crippen LogP contribution in [0.4, 0.5) is 0 Å². The highest BCUT2D eigenvalue weighted by Gasteiger charge is 2.31. The van der Waals surface area contributed by atoms with Crippen LogP contribution in [0.1, 0.15) is 46.6 Å². The first-order valence-electron chi connectivity index (χ1n) is 6.25. The van der Waals surface area contributed by atoms with E-state index in [9.17, 15) is 4.57 Å². The lowest BCUT2D eigenvalue weighted by Gasteiger charge is -2.34. The molecule has 2 N–H and O–H groups in total. The van der Waals surface area contributed by atoms with E-state index in [2.05, 4.69) is 34.6 Å². The van der Waals surface area contributed by atoms with E-state index >= 15 is 0 Å². The summed E-state index contributed by atoms with van der Waals surface area (Å²) in [5.74, 6) is 0.255. The summed E-state index contributed by atoms with van der Waals surface area (Å²) in [5.41, 5.74) is 0.691. The molecular formula is C14H23O4P. The Morgan fingerprint density at radius 1 is 1.11 bits per heavy atom. The van der Waals surface area contributed by atoms with E-state index in [-0.39, 0.29) is 16.6 Å². The van der Waals surface area contributed by atoms with Gasteiger partial charge in [-0.1, -0.05) is 52.8 Å². The molecule has 0 amide bonds. The third-order valence-corrected chi connectivity index (χ3v) is 3.24. The van der Waals surface area contributed by atoms with Crippen LogP contribution < -0.4 is 4.52 Å². The highest BCUT2D eigenvalue weighted by molar-refractivity contribution is 7.46. The van der Waals surface area contributed by atoms with Gasteiger partial charge < -0.3 is 4.52 Å². The fourth-order valence-corrected chi connectivity index (χ4v) is 3.07. The summed E-state index contributed by atoms with van der Waals surface area (Å²) in [7, 11) is -4.54. The van der Waals surface area contributed by atoms with Gasteiger partial charge in [-0.3, -0.25) is 9.79 Å². The number of para-hydroxylation sites is 1. The molecule has 0 saturated heterocycles. The van der Waals surface area contributed by atoms with Crippen LogP contribution >= 0.6 is 7.82 Å². The molecule has 4 nitrogen and oxygen atoms in total. The molecule has 108 valence electrons. The van der Waals surface area contributed by atoms with Crippen LogP contribution in [0.15, 0.2) is 24.3 Å². The van der Waals surface area contributed by atoms with Crippen LogP contribution in [-0.2, 0) is 9.98 Å². The lowest BCUT2D eigenvalue weighted by Crippen LogP contribution is -2.25. The van der Waals surface area contributed by atoms with Crippen molar-refractivity contribution in [3.05, 3.63) is 29.8 Å². The molecule has 0 radical (unpaired) electrons. The number of phosphoric ester groups is 1. The molecule has 0 unspecified atom stereocenters. The van der Waals surface area contributed by atoms with Gasteiger partial charge in [0, 0.05) is 5.56 Å². The van der Waals surface area contributed by atoms with E-state index in [1.54, 1.807) is 12.1 Å². The highest BCUT2D eigenvalue weighted by atomic mass is 31.2. The van der Waals surface area contributed by atoms with E-state index in [0.717, 1.165) is 12.0 Å². The van der Waals surface area contributed by atoms with Gasteiger partial charge in [-0.15, -0.1) is 0 Å². The number of hydrogen-bond acceptors (Lipinski definition) is 2. The standard InChI is InChI=1S/C14H23O4P/c1-13(2,3)10-14(4,5)11-8-6-7-9-12(11)18-19(15,16)17/h6-9H,10H2,1-5H3,(H2,15,16,17). The molecule has 0 heterocycles. The first-order valence-corrected chi connectivity index (χ1v) is 7.78. The Morgan fingerprint density at radius 2 is 1.63 bits per heavy atom. The van der Waals surface area contributed by atoms with Gasteiger partial charge in [0.05, 0.1) is 0 Å². The summed E-state index contributed by atoms with van der Waals surface area (Å²) in [6.07, 6.45) is 0.877. The zero-order valence-electron chi connectivity index (χ0n) is 12.2. The van der Waals surface area contributed by atoms with Crippen molar-refractivity contribution in [3.8, 4) is 5.75 Å². The van der Waals surface area contributed by atoms with E-state index in [0.29, 0.717) is 0 Å². The van der Waals surface area contributed by atoms with E-state index in [1.807, 2.05) is 12.1 Å². The molecule has 0 spiro atoms.